The van der Waals surface area contributed by atoms with Crippen molar-refractivity contribution in [3.63, 3.8) is 0 Å². The highest BCUT2D eigenvalue weighted by molar-refractivity contribution is 6.51. The van der Waals surface area contributed by atoms with Crippen molar-refractivity contribution in [3.05, 3.63) is 47.3 Å². The van der Waals surface area contributed by atoms with E-state index in [1.807, 2.05) is 20.8 Å². The molecule has 0 fully saturated rings. The number of nitrogens with one attached hydrogen (secondary N) is 1. The van der Waals surface area contributed by atoms with Crippen molar-refractivity contribution in [1.82, 2.24) is 5.16 Å². The van der Waals surface area contributed by atoms with Crippen LogP contribution in [0.4, 0.5) is 5.69 Å². The Labute approximate surface area is 139 Å². The SMILES string of the molecule is CC(C)(C)c1cc(C(=O)/C(C#N)=N/Nc2cccc(CO)c2)no1. The van der Waals surface area contributed by atoms with Crippen LogP contribution in [0.25, 0.3) is 0 Å². The molecular weight excluding hydrogens is 308 g/mol. The second-order valence-electron chi connectivity index (χ2n) is 6.20. The van der Waals surface area contributed by atoms with E-state index >= 15 is 0 Å². The molecule has 0 radical (unpaired) electrons. The fourth-order valence-electron chi connectivity index (χ4n) is 1.84. The summed E-state index contributed by atoms with van der Waals surface area (Å²) in [5, 5.41) is 25.8. The van der Waals surface area contributed by atoms with E-state index in [0.29, 0.717) is 17.0 Å². The number of aromatic nitrogens is 1. The van der Waals surface area contributed by atoms with Crippen LogP contribution in [0, 0.1) is 11.3 Å². The molecule has 1 aromatic carbocycles. The molecule has 2 aromatic rings. The Bertz CT molecular complexity index is 810. The molecule has 0 aliphatic heterocycles. The van der Waals surface area contributed by atoms with E-state index in [1.54, 1.807) is 30.3 Å². The highest BCUT2D eigenvalue weighted by Crippen LogP contribution is 2.22. The Hall–Kier alpha value is -2.98. The molecule has 24 heavy (non-hydrogen) atoms. The number of nitriles is 1. The van der Waals surface area contributed by atoms with Gasteiger partial charge in [-0.2, -0.15) is 10.4 Å². The number of hydrazone groups is 1. The molecular formula is C17H18N4O3. The van der Waals surface area contributed by atoms with Gasteiger partial charge in [-0.05, 0) is 17.7 Å². The van der Waals surface area contributed by atoms with Crippen molar-refractivity contribution in [2.24, 2.45) is 5.10 Å². The highest BCUT2D eigenvalue weighted by atomic mass is 16.5. The number of aliphatic hydroxyl groups is 1. The minimum absolute atomic E-state index is 0.0335. The van der Waals surface area contributed by atoms with Crippen LogP contribution in [0.1, 0.15) is 42.6 Å². The Kier molecular flexibility index (Phi) is 5.11. The summed E-state index contributed by atoms with van der Waals surface area (Å²) >= 11 is 0. The van der Waals surface area contributed by atoms with E-state index in [1.165, 1.54) is 6.07 Å². The number of benzene rings is 1. The van der Waals surface area contributed by atoms with E-state index in [4.69, 9.17) is 14.9 Å². The maximum absolute atomic E-state index is 12.3. The summed E-state index contributed by atoms with van der Waals surface area (Å²) in [6.07, 6.45) is 0. The second-order valence-corrected chi connectivity index (χ2v) is 6.20. The minimum atomic E-state index is -0.623. The maximum Gasteiger partial charge on any atom is 0.245 e. The van der Waals surface area contributed by atoms with Crippen LogP contribution in [0.5, 0.6) is 0 Å². The molecule has 124 valence electrons. The van der Waals surface area contributed by atoms with Gasteiger partial charge in [0.2, 0.25) is 11.5 Å². The molecule has 2 N–H and O–H groups in total. The van der Waals surface area contributed by atoms with Gasteiger partial charge in [0.15, 0.2) is 5.69 Å². The van der Waals surface area contributed by atoms with Crippen molar-refractivity contribution in [3.8, 4) is 6.07 Å². The van der Waals surface area contributed by atoms with Crippen LogP contribution in [-0.4, -0.2) is 21.8 Å². The molecule has 0 aliphatic rings. The molecule has 0 saturated carbocycles. The third-order valence-corrected chi connectivity index (χ3v) is 3.21. The van der Waals surface area contributed by atoms with E-state index in [0.717, 1.165) is 0 Å². The van der Waals surface area contributed by atoms with Gasteiger partial charge in [0.25, 0.3) is 0 Å². The van der Waals surface area contributed by atoms with Gasteiger partial charge in [-0.15, -0.1) is 0 Å². The van der Waals surface area contributed by atoms with E-state index < -0.39 is 5.78 Å². The summed E-state index contributed by atoms with van der Waals surface area (Å²) in [7, 11) is 0. The molecule has 1 aromatic heterocycles. The van der Waals surface area contributed by atoms with E-state index in [9.17, 15) is 4.79 Å². The average molecular weight is 326 g/mol. The first kappa shape index (κ1) is 17.4. The number of nitrogens with zero attached hydrogens (tertiary/aromatic N) is 3. The number of carbonyl (C=O) groups is 1. The Morgan fingerprint density at radius 1 is 1.42 bits per heavy atom. The van der Waals surface area contributed by atoms with Crippen LogP contribution in [0.2, 0.25) is 0 Å². The van der Waals surface area contributed by atoms with Gasteiger partial charge >= 0.3 is 0 Å². The molecule has 0 amide bonds. The molecule has 0 aliphatic carbocycles. The molecule has 1 heterocycles. The number of ketones is 1. The number of anilines is 1. The first-order valence-electron chi connectivity index (χ1n) is 7.30. The van der Waals surface area contributed by atoms with Crippen LogP contribution in [-0.2, 0) is 12.0 Å². The largest absolute Gasteiger partial charge is 0.392 e. The maximum atomic E-state index is 12.3. The number of Topliss-reactive ketones (excluding diaryl/α,β-unsaturated/α-hetero) is 1. The summed E-state index contributed by atoms with van der Waals surface area (Å²) in [5.41, 5.74) is 3.28. The number of aliphatic hydroxyl groups excluding tert-OH is 1. The summed E-state index contributed by atoms with van der Waals surface area (Å²) in [5.74, 6) is -0.0747. The molecule has 2 rings (SSSR count). The van der Waals surface area contributed by atoms with E-state index in [2.05, 4.69) is 15.7 Å². The van der Waals surface area contributed by atoms with Crippen LogP contribution in [0.15, 0.2) is 40.0 Å². The van der Waals surface area contributed by atoms with Crippen molar-refractivity contribution in [2.75, 3.05) is 5.43 Å². The molecule has 7 nitrogen and oxygen atoms in total. The topological polar surface area (TPSA) is 112 Å². The van der Waals surface area contributed by atoms with Gasteiger partial charge < -0.3 is 9.63 Å². The van der Waals surface area contributed by atoms with Gasteiger partial charge in [-0.1, -0.05) is 38.1 Å². The molecule has 0 atom stereocenters. The van der Waals surface area contributed by atoms with Gasteiger partial charge in [0.1, 0.15) is 11.8 Å². The predicted molar refractivity (Wildman–Crippen MR) is 88.6 cm³/mol. The zero-order valence-electron chi connectivity index (χ0n) is 13.7. The van der Waals surface area contributed by atoms with E-state index in [-0.39, 0.29) is 23.4 Å². The lowest BCUT2D eigenvalue weighted by Crippen LogP contribution is -2.15. The van der Waals surface area contributed by atoms with Crippen molar-refractivity contribution in [1.29, 1.82) is 5.26 Å². The monoisotopic (exact) mass is 326 g/mol. The van der Waals surface area contributed by atoms with Gasteiger partial charge in [-0.25, -0.2) is 0 Å². The lowest BCUT2D eigenvalue weighted by Gasteiger charge is -2.11. The lowest BCUT2D eigenvalue weighted by atomic mass is 9.93. The van der Waals surface area contributed by atoms with Crippen molar-refractivity contribution < 1.29 is 14.4 Å². The third-order valence-electron chi connectivity index (χ3n) is 3.21. The summed E-state index contributed by atoms with van der Waals surface area (Å²) in [6, 6.07) is 10.1. The zero-order chi connectivity index (χ0) is 17.7. The van der Waals surface area contributed by atoms with Crippen LogP contribution < -0.4 is 5.43 Å². The van der Waals surface area contributed by atoms with Gasteiger partial charge in [0.05, 0.1) is 12.3 Å². The van der Waals surface area contributed by atoms with Gasteiger partial charge in [-0.3, -0.25) is 10.2 Å². The Morgan fingerprint density at radius 2 is 2.17 bits per heavy atom. The molecule has 0 unspecified atom stereocenters. The number of hydrogen-bond donors (Lipinski definition) is 2. The smallest absolute Gasteiger partial charge is 0.245 e. The summed E-state index contributed by atoms with van der Waals surface area (Å²) in [6.45, 7) is 5.67. The fourth-order valence-corrected chi connectivity index (χ4v) is 1.84. The first-order chi connectivity index (χ1) is 11.3. The highest BCUT2D eigenvalue weighted by Gasteiger charge is 2.24. The normalized spacial score (nSPS) is 11.9. The third kappa shape index (κ3) is 4.06. The average Bonchev–Trinajstić information content (AvgIpc) is 3.05. The minimum Gasteiger partial charge on any atom is -0.392 e. The number of rotatable bonds is 5. The van der Waals surface area contributed by atoms with Crippen LogP contribution in [0.3, 0.4) is 0 Å². The molecule has 0 spiro atoms. The quantitative estimate of drug-likeness (QED) is 0.496. The second kappa shape index (κ2) is 7.06. The molecule has 7 heteroatoms. The summed E-state index contributed by atoms with van der Waals surface area (Å²) < 4.78 is 5.15. The zero-order valence-corrected chi connectivity index (χ0v) is 13.7. The van der Waals surface area contributed by atoms with Gasteiger partial charge in [0, 0.05) is 11.5 Å². The van der Waals surface area contributed by atoms with Crippen molar-refractivity contribution in [2.45, 2.75) is 32.8 Å². The number of hydrogen-bond acceptors (Lipinski definition) is 7. The predicted octanol–water partition coefficient (Wildman–Crippen LogP) is 2.64. The standard InChI is InChI=1S/C17H18N4O3/c1-17(2,3)15-8-13(21-24-15)16(23)14(9-18)20-19-12-6-4-5-11(7-12)10-22/h4-8,19,22H,10H2,1-3H3/b20-14+. The Balaban J connectivity index is 2.19. The Morgan fingerprint density at radius 3 is 2.75 bits per heavy atom. The van der Waals surface area contributed by atoms with Crippen LogP contribution >= 0.6 is 0 Å². The molecule has 0 bridgehead atoms. The lowest BCUT2D eigenvalue weighted by molar-refractivity contribution is 0.105. The fraction of sp³-hybridized carbons (Fsp3) is 0.294. The summed E-state index contributed by atoms with van der Waals surface area (Å²) in [4.78, 5) is 12.3. The number of carbonyl (C=O) groups excluding carboxylic acids is 1. The van der Waals surface area contributed by atoms with Crippen molar-refractivity contribution >= 4 is 17.2 Å². The molecule has 0 saturated heterocycles. The first-order valence-corrected chi connectivity index (χ1v) is 7.30.